The van der Waals surface area contributed by atoms with Gasteiger partial charge in [-0.2, -0.15) is 0 Å². The van der Waals surface area contributed by atoms with Crippen molar-refractivity contribution < 1.29 is 32.5 Å². The number of alkyl halides is 3. The molecule has 0 radical (unpaired) electrons. The summed E-state index contributed by atoms with van der Waals surface area (Å²) < 4.78 is 47.9. The second-order valence-electron chi connectivity index (χ2n) is 7.07. The molecular weight excluding hydrogens is 325 g/mol. The Bertz CT molecular complexity index is 611. The van der Waals surface area contributed by atoms with Gasteiger partial charge in [-0.3, -0.25) is 0 Å². The van der Waals surface area contributed by atoms with E-state index in [-0.39, 0.29) is 16.7 Å². The van der Waals surface area contributed by atoms with E-state index >= 15 is 0 Å². The van der Waals surface area contributed by atoms with Crippen LogP contribution in [0.25, 0.3) is 0 Å². The normalized spacial score (nSPS) is 17.6. The second-order valence-corrected chi connectivity index (χ2v) is 7.07. The first kappa shape index (κ1) is 18.4. The standard InChI is InChI=1S/C17H21F3O4/c1-15(2,3)16(8-4-5-9-16)23-13-10-11(14(21)22)6-7-12(13)24-17(18,19)20/h6-7,10H,4-5,8-9H2,1-3H3,(H,21,22). The van der Waals surface area contributed by atoms with E-state index in [1.807, 2.05) is 20.8 Å². The minimum Gasteiger partial charge on any atom is -0.483 e. The van der Waals surface area contributed by atoms with Crippen molar-refractivity contribution in [1.29, 1.82) is 0 Å². The molecule has 1 aromatic carbocycles. The fourth-order valence-corrected chi connectivity index (χ4v) is 3.09. The predicted octanol–water partition coefficient (Wildman–Crippen LogP) is 5.02. The molecule has 0 bridgehead atoms. The molecule has 1 N–H and O–H groups in total. The monoisotopic (exact) mass is 346 g/mol. The van der Waals surface area contributed by atoms with Crippen LogP contribution in [0.3, 0.4) is 0 Å². The number of hydrogen-bond acceptors (Lipinski definition) is 3. The van der Waals surface area contributed by atoms with Crippen LogP contribution in [0.4, 0.5) is 13.2 Å². The second kappa shape index (κ2) is 6.18. The molecule has 1 aromatic rings. The molecule has 0 atom stereocenters. The Kier molecular flexibility index (Phi) is 4.74. The van der Waals surface area contributed by atoms with Gasteiger partial charge in [-0.05, 0) is 43.9 Å². The molecule has 0 aromatic heterocycles. The predicted molar refractivity (Wildman–Crippen MR) is 81.4 cm³/mol. The van der Waals surface area contributed by atoms with Crippen LogP contribution in [0.2, 0.25) is 0 Å². The topological polar surface area (TPSA) is 55.8 Å². The maximum absolute atomic E-state index is 12.6. The van der Waals surface area contributed by atoms with Gasteiger partial charge >= 0.3 is 12.3 Å². The number of halogens is 3. The first-order valence-electron chi connectivity index (χ1n) is 7.76. The molecule has 2 rings (SSSR count). The summed E-state index contributed by atoms with van der Waals surface area (Å²) in [5.41, 5.74) is -1.13. The van der Waals surface area contributed by atoms with Crippen molar-refractivity contribution in [2.75, 3.05) is 0 Å². The van der Waals surface area contributed by atoms with Gasteiger partial charge in [0.1, 0.15) is 5.60 Å². The van der Waals surface area contributed by atoms with Gasteiger partial charge in [-0.1, -0.05) is 20.8 Å². The SMILES string of the molecule is CC(C)(C)C1(Oc2cc(C(=O)O)ccc2OC(F)(F)F)CCCC1. The van der Waals surface area contributed by atoms with Crippen molar-refractivity contribution in [2.45, 2.75) is 58.4 Å². The number of rotatable bonds is 4. The van der Waals surface area contributed by atoms with Crippen molar-refractivity contribution in [3.8, 4) is 11.5 Å². The molecule has 1 fully saturated rings. The van der Waals surface area contributed by atoms with Crippen molar-refractivity contribution in [1.82, 2.24) is 0 Å². The van der Waals surface area contributed by atoms with Crippen LogP contribution in [0.1, 0.15) is 56.8 Å². The number of hydrogen-bond donors (Lipinski definition) is 1. The lowest BCUT2D eigenvalue weighted by Gasteiger charge is -2.42. The molecule has 0 saturated heterocycles. The van der Waals surface area contributed by atoms with Gasteiger partial charge in [-0.15, -0.1) is 13.2 Å². The van der Waals surface area contributed by atoms with Crippen molar-refractivity contribution in [3.05, 3.63) is 23.8 Å². The molecule has 134 valence electrons. The molecule has 24 heavy (non-hydrogen) atoms. The third-order valence-corrected chi connectivity index (χ3v) is 4.50. The van der Waals surface area contributed by atoms with E-state index in [9.17, 15) is 18.0 Å². The first-order chi connectivity index (χ1) is 10.9. The molecule has 1 aliphatic rings. The molecule has 0 unspecified atom stereocenters. The zero-order chi connectivity index (χ0) is 18.2. The number of benzene rings is 1. The van der Waals surface area contributed by atoms with Crippen LogP contribution in [0.15, 0.2) is 18.2 Å². The Balaban J connectivity index is 2.45. The summed E-state index contributed by atoms with van der Waals surface area (Å²) in [6.07, 6.45) is -1.68. The lowest BCUT2D eigenvalue weighted by Crippen LogP contribution is -2.45. The molecule has 0 amide bonds. The molecule has 0 aliphatic heterocycles. The molecule has 7 heteroatoms. The molecule has 0 heterocycles. The van der Waals surface area contributed by atoms with Gasteiger partial charge in [0.15, 0.2) is 11.5 Å². The highest BCUT2D eigenvalue weighted by Crippen LogP contribution is 2.48. The summed E-state index contributed by atoms with van der Waals surface area (Å²) >= 11 is 0. The van der Waals surface area contributed by atoms with E-state index in [0.717, 1.165) is 31.0 Å². The Labute approximate surface area is 138 Å². The van der Waals surface area contributed by atoms with E-state index in [2.05, 4.69) is 4.74 Å². The molecular formula is C17H21F3O4. The van der Waals surface area contributed by atoms with E-state index in [0.29, 0.717) is 12.8 Å². The van der Waals surface area contributed by atoms with Gasteiger partial charge in [0.05, 0.1) is 5.56 Å². The van der Waals surface area contributed by atoms with E-state index < -0.39 is 23.7 Å². The number of aromatic carboxylic acids is 1. The summed E-state index contributed by atoms with van der Waals surface area (Å²) in [6.45, 7) is 5.89. The summed E-state index contributed by atoms with van der Waals surface area (Å²) in [5, 5.41) is 9.10. The third-order valence-electron chi connectivity index (χ3n) is 4.50. The zero-order valence-corrected chi connectivity index (χ0v) is 13.9. The maximum Gasteiger partial charge on any atom is 0.573 e. The minimum absolute atomic E-state index is 0.151. The zero-order valence-electron chi connectivity index (χ0n) is 13.9. The number of carbonyl (C=O) groups is 1. The quantitative estimate of drug-likeness (QED) is 0.831. The smallest absolute Gasteiger partial charge is 0.483 e. The highest BCUT2D eigenvalue weighted by Gasteiger charge is 2.47. The van der Waals surface area contributed by atoms with Gasteiger partial charge in [0.25, 0.3) is 0 Å². The van der Waals surface area contributed by atoms with Crippen LogP contribution in [-0.4, -0.2) is 23.0 Å². The Morgan fingerprint density at radius 3 is 2.17 bits per heavy atom. The molecule has 0 spiro atoms. The minimum atomic E-state index is -4.88. The lowest BCUT2D eigenvalue weighted by atomic mass is 9.75. The van der Waals surface area contributed by atoms with Crippen LogP contribution in [0.5, 0.6) is 11.5 Å². The van der Waals surface area contributed by atoms with Gasteiger partial charge in [0, 0.05) is 5.41 Å². The average Bonchev–Trinajstić information content (AvgIpc) is 2.88. The highest BCUT2D eigenvalue weighted by atomic mass is 19.4. The molecule has 1 saturated carbocycles. The maximum atomic E-state index is 12.6. The molecule has 1 aliphatic carbocycles. The van der Waals surface area contributed by atoms with E-state index in [1.54, 1.807) is 0 Å². The van der Waals surface area contributed by atoms with Crippen LogP contribution >= 0.6 is 0 Å². The van der Waals surface area contributed by atoms with Gasteiger partial charge in [0.2, 0.25) is 0 Å². The fraction of sp³-hybridized carbons (Fsp3) is 0.588. The summed E-state index contributed by atoms with van der Waals surface area (Å²) in [7, 11) is 0. The molecule has 4 nitrogen and oxygen atoms in total. The van der Waals surface area contributed by atoms with Crippen LogP contribution in [-0.2, 0) is 0 Å². The number of ether oxygens (including phenoxy) is 2. The van der Waals surface area contributed by atoms with Crippen LogP contribution < -0.4 is 9.47 Å². The summed E-state index contributed by atoms with van der Waals surface area (Å²) in [6, 6.07) is 3.14. The fourth-order valence-electron chi connectivity index (χ4n) is 3.09. The lowest BCUT2D eigenvalue weighted by molar-refractivity contribution is -0.275. The third kappa shape index (κ3) is 3.94. The first-order valence-corrected chi connectivity index (χ1v) is 7.76. The van der Waals surface area contributed by atoms with Crippen molar-refractivity contribution >= 4 is 5.97 Å². The number of carboxylic acid groups (broad SMARTS) is 1. The summed E-state index contributed by atoms with van der Waals surface area (Å²) in [5.74, 6) is -1.96. The summed E-state index contributed by atoms with van der Waals surface area (Å²) in [4.78, 5) is 11.1. The van der Waals surface area contributed by atoms with E-state index in [4.69, 9.17) is 9.84 Å². The number of carboxylic acids is 1. The average molecular weight is 346 g/mol. The largest absolute Gasteiger partial charge is 0.573 e. The Morgan fingerprint density at radius 2 is 1.71 bits per heavy atom. The highest BCUT2D eigenvalue weighted by molar-refractivity contribution is 5.88. The Morgan fingerprint density at radius 1 is 1.12 bits per heavy atom. The van der Waals surface area contributed by atoms with Crippen molar-refractivity contribution in [2.24, 2.45) is 5.41 Å². The van der Waals surface area contributed by atoms with Crippen molar-refractivity contribution in [3.63, 3.8) is 0 Å². The van der Waals surface area contributed by atoms with E-state index in [1.165, 1.54) is 0 Å². The van der Waals surface area contributed by atoms with Gasteiger partial charge < -0.3 is 14.6 Å². The van der Waals surface area contributed by atoms with Crippen LogP contribution in [0, 0.1) is 5.41 Å². The van der Waals surface area contributed by atoms with Gasteiger partial charge in [-0.25, -0.2) is 4.79 Å². The Hall–Kier alpha value is -1.92.